The largest absolute Gasteiger partial charge is 0.478 e. The summed E-state index contributed by atoms with van der Waals surface area (Å²) in [5, 5.41) is 11.5. The molecule has 0 heterocycles. The van der Waals surface area contributed by atoms with Gasteiger partial charge in [0.2, 0.25) is 5.91 Å². The van der Waals surface area contributed by atoms with Crippen LogP contribution in [0.4, 0.5) is 0 Å². The lowest BCUT2D eigenvalue weighted by Crippen LogP contribution is -2.32. The van der Waals surface area contributed by atoms with E-state index in [9.17, 15) is 9.59 Å². The van der Waals surface area contributed by atoms with Crippen molar-refractivity contribution in [1.29, 1.82) is 0 Å². The number of carbonyl (C=O) groups excluding carboxylic acids is 1. The maximum Gasteiger partial charge on any atom is 0.335 e. The van der Waals surface area contributed by atoms with Crippen molar-refractivity contribution in [1.82, 2.24) is 10.2 Å². The molecule has 0 unspecified atom stereocenters. The molecule has 0 aromatic heterocycles. The highest BCUT2D eigenvalue weighted by molar-refractivity contribution is 5.87. The minimum atomic E-state index is -0.951. The molecule has 0 atom stereocenters. The Morgan fingerprint density at radius 1 is 1.24 bits per heavy atom. The Kier molecular flexibility index (Phi) is 4.66. The number of nitrogens with one attached hydrogen (secondary N) is 1. The number of benzene rings is 1. The fourth-order valence-electron chi connectivity index (χ4n) is 1.31. The number of hydrogen-bond acceptors (Lipinski definition) is 3. The van der Waals surface area contributed by atoms with Crippen LogP contribution in [0.5, 0.6) is 0 Å². The third-order valence-corrected chi connectivity index (χ3v) is 2.15. The van der Waals surface area contributed by atoms with Gasteiger partial charge in [-0.3, -0.25) is 4.79 Å². The molecule has 0 aliphatic heterocycles. The van der Waals surface area contributed by atoms with Gasteiger partial charge < -0.3 is 15.3 Å². The van der Waals surface area contributed by atoms with E-state index in [0.29, 0.717) is 13.1 Å². The number of nitrogens with zero attached hydrogens (tertiary/aromatic N) is 1. The van der Waals surface area contributed by atoms with E-state index in [1.165, 1.54) is 12.1 Å². The first-order chi connectivity index (χ1) is 7.99. The van der Waals surface area contributed by atoms with E-state index in [1.54, 1.807) is 17.0 Å². The zero-order valence-corrected chi connectivity index (χ0v) is 9.93. The quantitative estimate of drug-likeness (QED) is 0.784. The average molecular weight is 236 g/mol. The van der Waals surface area contributed by atoms with Crippen molar-refractivity contribution in [2.24, 2.45) is 0 Å². The standard InChI is InChI=1S/C12H16N2O3/c1-14(2)8-11(15)13-7-9-3-5-10(6-4-9)12(16)17/h3-6H,7-8H2,1-2H3,(H,13,15)(H,16,17). The molecule has 1 aromatic rings. The summed E-state index contributed by atoms with van der Waals surface area (Å²) in [5.74, 6) is -1.01. The first-order valence-electron chi connectivity index (χ1n) is 5.22. The molecular formula is C12H16N2O3. The summed E-state index contributed by atoms with van der Waals surface area (Å²) in [6, 6.07) is 6.43. The summed E-state index contributed by atoms with van der Waals surface area (Å²) < 4.78 is 0. The lowest BCUT2D eigenvalue weighted by Gasteiger charge is -2.10. The zero-order chi connectivity index (χ0) is 12.8. The van der Waals surface area contributed by atoms with Gasteiger partial charge in [-0.1, -0.05) is 12.1 Å². The molecular weight excluding hydrogens is 220 g/mol. The lowest BCUT2D eigenvalue weighted by molar-refractivity contribution is -0.121. The highest BCUT2D eigenvalue weighted by atomic mass is 16.4. The summed E-state index contributed by atoms with van der Waals surface area (Å²) in [5.41, 5.74) is 1.12. The van der Waals surface area contributed by atoms with Gasteiger partial charge in [-0.2, -0.15) is 0 Å². The fraction of sp³-hybridized carbons (Fsp3) is 0.333. The number of carbonyl (C=O) groups is 2. The van der Waals surface area contributed by atoms with Gasteiger partial charge >= 0.3 is 5.97 Å². The summed E-state index contributed by atoms with van der Waals surface area (Å²) in [7, 11) is 3.64. The van der Waals surface area contributed by atoms with Crippen molar-refractivity contribution in [2.45, 2.75) is 6.54 Å². The highest BCUT2D eigenvalue weighted by Crippen LogP contribution is 2.04. The number of likely N-dealkylation sites (N-methyl/N-ethyl adjacent to an activating group) is 1. The van der Waals surface area contributed by atoms with Gasteiger partial charge in [-0.15, -0.1) is 0 Å². The van der Waals surface area contributed by atoms with Crippen LogP contribution in [0.3, 0.4) is 0 Å². The molecule has 1 aromatic carbocycles. The van der Waals surface area contributed by atoms with Crippen LogP contribution in [0.15, 0.2) is 24.3 Å². The lowest BCUT2D eigenvalue weighted by atomic mass is 10.1. The number of carboxylic acid groups (broad SMARTS) is 1. The van der Waals surface area contributed by atoms with E-state index in [1.807, 2.05) is 14.1 Å². The molecule has 0 spiro atoms. The second-order valence-electron chi connectivity index (χ2n) is 4.02. The molecule has 2 N–H and O–H groups in total. The third-order valence-electron chi connectivity index (χ3n) is 2.15. The Labute approximate surface area is 100 Å². The van der Waals surface area contributed by atoms with Crippen LogP contribution in [0.25, 0.3) is 0 Å². The van der Waals surface area contributed by atoms with E-state index in [2.05, 4.69) is 5.32 Å². The van der Waals surface area contributed by atoms with E-state index in [4.69, 9.17) is 5.11 Å². The van der Waals surface area contributed by atoms with Crippen molar-refractivity contribution in [3.63, 3.8) is 0 Å². The van der Waals surface area contributed by atoms with Crippen molar-refractivity contribution < 1.29 is 14.7 Å². The second kappa shape index (κ2) is 6.00. The normalized spacial score (nSPS) is 10.3. The van der Waals surface area contributed by atoms with Crippen LogP contribution in [0.2, 0.25) is 0 Å². The van der Waals surface area contributed by atoms with Gasteiger partial charge in [0.25, 0.3) is 0 Å². The second-order valence-corrected chi connectivity index (χ2v) is 4.02. The molecule has 0 fully saturated rings. The van der Waals surface area contributed by atoms with Crippen LogP contribution in [-0.4, -0.2) is 42.5 Å². The summed E-state index contributed by atoms with van der Waals surface area (Å²) in [4.78, 5) is 23.8. The SMILES string of the molecule is CN(C)CC(=O)NCc1ccc(C(=O)O)cc1. The minimum Gasteiger partial charge on any atom is -0.478 e. The van der Waals surface area contributed by atoms with E-state index in [0.717, 1.165) is 5.56 Å². The Bertz CT molecular complexity index is 399. The molecule has 0 aliphatic carbocycles. The smallest absolute Gasteiger partial charge is 0.335 e. The summed E-state index contributed by atoms with van der Waals surface area (Å²) in [6.45, 7) is 0.750. The minimum absolute atomic E-state index is 0.0580. The molecule has 1 amide bonds. The van der Waals surface area contributed by atoms with Crippen molar-refractivity contribution in [2.75, 3.05) is 20.6 Å². The maximum atomic E-state index is 11.4. The number of amides is 1. The summed E-state index contributed by atoms with van der Waals surface area (Å²) in [6.07, 6.45) is 0. The van der Waals surface area contributed by atoms with Crippen LogP contribution < -0.4 is 5.32 Å². The number of aromatic carboxylic acids is 1. The molecule has 1 rings (SSSR count). The Morgan fingerprint density at radius 3 is 2.29 bits per heavy atom. The molecule has 0 saturated heterocycles. The molecule has 5 heteroatoms. The van der Waals surface area contributed by atoms with Crippen molar-refractivity contribution in [3.8, 4) is 0 Å². The highest BCUT2D eigenvalue weighted by Gasteiger charge is 2.04. The Hall–Kier alpha value is -1.88. The Morgan fingerprint density at radius 2 is 1.82 bits per heavy atom. The molecule has 0 radical (unpaired) electrons. The van der Waals surface area contributed by atoms with Gasteiger partial charge in [0.15, 0.2) is 0 Å². The monoisotopic (exact) mass is 236 g/mol. The fourth-order valence-corrected chi connectivity index (χ4v) is 1.31. The third kappa shape index (κ3) is 4.65. The first kappa shape index (κ1) is 13.2. The van der Waals surface area contributed by atoms with Crippen LogP contribution in [0.1, 0.15) is 15.9 Å². The van der Waals surface area contributed by atoms with Gasteiger partial charge in [0.05, 0.1) is 12.1 Å². The molecule has 0 aliphatic rings. The van der Waals surface area contributed by atoms with Gasteiger partial charge in [-0.05, 0) is 31.8 Å². The molecule has 0 bridgehead atoms. The number of rotatable bonds is 5. The molecule has 5 nitrogen and oxygen atoms in total. The van der Waals surface area contributed by atoms with Crippen molar-refractivity contribution in [3.05, 3.63) is 35.4 Å². The topological polar surface area (TPSA) is 69.6 Å². The predicted molar refractivity (Wildman–Crippen MR) is 63.8 cm³/mol. The van der Waals surface area contributed by atoms with E-state index < -0.39 is 5.97 Å². The molecule has 17 heavy (non-hydrogen) atoms. The van der Waals surface area contributed by atoms with Crippen LogP contribution in [0, 0.1) is 0 Å². The van der Waals surface area contributed by atoms with Gasteiger partial charge in [-0.25, -0.2) is 4.79 Å². The predicted octanol–water partition coefficient (Wildman–Crippen LogP) is 0.563. The summed E-state index contributed by atoms with van der Waals surface area (Å²) >= 11 is 0. The molecule has 92 valence electrons. The van der Waals surface area contributed by atoms with Crippen LogP contribution >= 0.6 is 0 Å². The van der Waals surface area contributed by atoms with E-state index in [-0.39, 0.29) is 11.5 Å². The molecule has 0 saturated carbocycles. The van der Waals surface area contributed by atoms with Gasteiger partial charge in [0.1, 0.15) is 0 Å². The zero-order valence-electron chi connectivity index (χ0n) is 9.93. The maximum absolute atomic E-state index is 11.4. The number of hydrogen-bond donors (Lipinski definition) is 2. The van der Waals surface area contributed by atoms with Crippen molar-refractivity contribution >= 4 is 11.9 Å². The number of carboxylic acids is 1. The van der Waals surface area contributed by atoms with Crippen LogP contribution in [-0.2, 0) is 11.3 Å². The Balaban J connectivity index is 2.47. The van der Waals surface area contributed by atoms with Gasteiger partial charge in [0, 0.05) is 6.54 Å². The first-order valence-corrected chi connectivity index (χ1v) is 5.22. The average Bonchev–Trinajstić information content (AvgIpc) is 2.26. The van der Waals surface area contributed by atoms with E-state index >= 15 is 0 Å².